The third kappa shape index (κ3) is 3.64. The second kappa shape index (κ2) is 7.84. The number of thioether (sulfide) groups is 1. The van der Waals surface area contributed by atoms with Crippen molar-refractivity contribution < 1.29 is 28.3 Å². The second-order valence-electron chi connectivity index (χ2n) is 6.52. The normalized spacial score (nSPS) is 17.1. The molecule has 10 nitrogen and oxygen atoms in total. The summed E-state index contributed by atoms with van der Waals surface area (Å²) in [6.45, 7) is 0.628. The summed E-state index contributed by atoms with van der Waals surface area (Å²) < 4.78 is 28.0. The van der Waals surface area contributed by atoms with Crippen LogP contribution < -0.4 is 14.2 Å². The summed E-state index contributed by atoms with van der Waals surface area (Å²) in [5.74, 6) is 2.54. The number of benzene rings is 2. The van der Waals surface area contributed by atoms with Crippen LogP contribution in [0.25, 0.3) is 0 Å². The molecule has 0 amide bonds. The van der Waals surface area contributed by atoms with Gasteiger partial charge in [-0.15, -0.1) is 10.2 Å². The van der Waals surface area contributed by atoms with Crippen LogP contribution in [0.1, 0.15) is 23.1 Å². The topological polar surface area (TPSA) is 119 Å². The molecule has 0 aliphatic carbocycles. The number of hydrogen-bond acceptors (Lipinski definition) is 10. The van der Waals surface area contributed by atoms with Crippen LogP contribution in [0.4, 0.5) is 5.69 Å². The quantitative estimate of drug-likeness (QED) is 0.338. The van der Waals surface area contributed by atoms with E-state index in [-0.39, 0.29) is 25.7 Å². The van der Waals surface area contributed by atoms with E-state index >= 15 is 0 Å². The Bertz CT molecular complexity index is 1100. The van der Waals surface area contributed by atoms with Crippen molar-refractivity contribution in [3.63, 3.8) is 0 Å². The summed E-state index contributed by atoms with van der Waals surface area (Å²) in [6, 6.07) is 10.3. The highest BCUT2D eigenvalue weighted by atomic mass is 32.2. The molecule has 0 N–H and O–H groups in total. The van der Waals surface area contributed by atoms with Gasteiger partial charge in [0.25, 0.3) is 16.8 Å². The summed E-state index contributed by atoms with van der Waals surface area (Å²) in [6.07, 6.45) is -0.507. The maximum Gasteiger partial charge on any atom is 0.277 e. The Balaban J connectivity index is 1.31. The van der Waals surface area contributed by atoms with Crippen molar-refractivity contribution in [2.45, 2.75) is 23.7 Å². The minimum Gasteiger partial charge on any atom is -0.485 e. The minimum atomic E-state index is -0.507. The lowest BCUT2D eigenvalue weighted by Gasteiger charge is -2.23. The first-order chi connectivity index (χ1) is 14.7. The Morgan fingerprint density at radius 3 is 2.90 bits per heavy atom. The molecule has 1 aromatic heterocycles. The number of nitro benzene ring substituents is 1. The molecule has 5 rings (SSSR count). The maximum atomic E-state index is 11.2. The number of nitrogens with zero attached hydrogens (tertiary/aromatic N) is 3. The summed E-state index contributed by atoms with van der Waals surface area (Å²) in [7, 11) is 0. The van der Waals surface area contributed by atoms with Crippen LogP contribution in [-0.2, 0) is 17.1 Å². The molecule has 11 heteroatoms. The SMILES string of the molecule is O=[N+]([O-])c1cc2c(c(CSc3nnc([C@H]4COc5ccccc5O4)o3)c1)OCOC2. The molecule has 2 aliphatic rings. The number of aromatic nitrogens is 2. The van der Waals surface area contributed by atoms with Gasteiger partial charge in [0.05, 0.1) is 11.5 Å². The van der Waals surface area contributed by atoms with Gasteiger partial charge in [-0.3, -0.25) is 10.1 Å². The van der Waals surface area contributed by atoms with Crippen molar-refractivity contribution in [1.29, 1.82) is 0 Å². The van der Waals surface area contributed by atoms with Crippen LogP contribution in [0, 0.1) is 10.1 Å². The van der Waals surface area contributed by atoms with E-state index < -0.39 is 11.0 Å². The summed E-state index contributed by atoms with van der Waals surface area (Å²) >= 11 is 1.26. The molecule has 2 aromatic carbocycles. The Morgan fingerprint density at radius 1 is 1.17 bits per heavy atom. The Hall–Kier alpha value is -3.31. The van der Waals surface area contributed by atoms with Crippen LogP contribution in [0.3, 0.4) is 0 Å². The van der Waals surface area contributed by atoms with Crippen LogP contribution in [0.15, 0.2) is 46.0 Å². The number of para-hydroxylation sites is 2. The third-order valence-electron chi connectivity index (χ3n) is 4.54. The number of nitro groups is 1. The summed E-state index contributed by atoms with van der Waals surface area (Å²) in [5.41, 5.74) is 1.29. The fourth-order valence-corrected chi connectivity index (χ4v) is 3.92. The van der Waals surface area contributed by atoms with Crippen LogP contribution in [-0.4, -0.2) is 28.5 Å². The van der Waals surface area contributed by atoms with Crippen LogP contribution >= 0.6 is 11.8 Å². The number of non-ortho nitro benzene ring substituents is 1. The molecule has 0 unspecified atom stereocenters. The Labute approximate surface area is 174 Å². The van der Waals surface area contributed by atoms with E-state index in [1.165, 1.54) is 23.9 Å². The summed E-state index contributed by atoms with van der Waals surface area (Å²) in [5, 5.41) is 19.6. The average molecular weight is 429 g/mol. The van der Waals surface area contributed by atoms with E-state index in [1.807, 2.05) is 24.3 Å². The minimum absolute atomic E-state index is 0.0175. The largest absolute Gasteiger partial charge is 0.485 e. The highest BCUT2D eigenvalue weighted by molar-refractivity contribution is 7.98. The number of hydrogen-bond donors (Lipinski definition) is 0. The van der Waals surface area contributed by atoms with Crippen LogP contribution in [0.5, 0.6) is 17.2 Å². The van der Waals surface area contributed by atoms with E-state index in [0.29, 0.717) is 45.2 Å². The van der Waals surface area contributed by atoms with Gasteiger partial charge in [-0.25, -0.2) is 0 Å². The molecule has 0 spiro atoms. The van der Waals surface area contributed by atoms with Crippen molar-refractivity contribution >= 4 is 17.4 Å². The Kier molecular flexibility index (Phi) is 4.89. The average Bonchev–Trinajstić information content (AvgIpc) is 3.26. The number of ether oxygens (including phenoxy) is 4. The highest BCUT2D eigenvalue weighted by Crippen LogP contribution is 2.38. The lowest BCUT2D eigenvalue weighted by Crippen LogP contribution is -2.21. The van der Waals surface area contributed by atoms with Gasteiger partial charge in [0.2, 0.25) is 6.10 Å². The number of fused-ring (bicyclic) bond motifs is 2. The molecule has 30 heavy (non-hydrogen) atoms. The maximum absolute atomic E-state index is 11.2. The molecular weight excluding hydrogens is 414 g/mol. The van der Waals surface area contributed by atoms with Crippen molar-refractivity contribution in [2.75, 3.05) is 13.4 Å². The predicted octanol–water partition coefficient (Wildman–Crippen LogP) is 3.65. The standard InChI is InChI=1S/C19H15N3O7S/c23-22(24)13-5-11-7-25-10-27-17(11)12(6-13)9-30-19-21-20-18(29-19)16-8-26-14-3-1-2-4-15(14)28-16/h1-6,16H,7-10H2/t16-/m1/s1. The second-order valence-corrected chi connectivity index (χ2v) is 7.45. The molecule has 3 heterocycles. The number of rotatable bonds is 5. The first-order valence-electron chi connectivity index (χ1n) is 9.03. The molecule has 0 saturated carbocycles. The van der Waals surface area contributed by atoms with Gasteiger partial charge >= 0.3 is 0 Å². The van der Waals surface area contributed by atoms with E-state index in [1.54, 1.807) is 0 Å². The van der Waals surface area contributed by atoms with Gasteiger partial charge < -0.3 is 23.4 Å². The fraction of sp³-hybridized carbons (Fsp3) is 0.263. The van der Waals surface area contributed by atoms with Gasteiger partial charge in [0, 0.05) is 29.0 Å². The lowest BCUT2D eigenvalue weighted by atomic mass is 10.1. The predicted molar refractivity (Wildman–Crippen MR) is 103 cm³/mol. The van der Waals surface area contributed by atoms with E-state index in [2.05, 4.69) is 10.2 Å². The molecule has 3 aromatic rings. The lowest BCUT2D eigenvalue weighted by molar-refractivity contribution is -0.385. The molecule has 0 fully saturated rings. The molecule has 1 atom stereocenters. The molecule has 154 valence electrons. The molecule has 0 saturated heterocycles. The van der Waals surface area contributed by atoms with Crippen molar-refractivity contribution in [2.24, 2.45) is 0 Å². The van der Waals surface area contributed by atoms with Crippen LogP contribution in [0.2, 0.25) is 0 Å². The molecular formula is C19H15N3O7S. The summed E-state index contributed by atoms with van der Waals surface area (Å²) in [4.78, 5) is 10.8. The van der Waals surface area contributed by atoms with Gasteiger partial charge in [0.1, 0.15) is 12.4 Å². The third-order valence-corrected chi connectivity index (χ3v) is 5.41. The van der Waals surface area contributed by atoms with Crippen molar-refractivity contribution in [3.05, 3.63) is 63.5 Å². The molecule has 0 bridgehead atoms. The van der Waals surface area contributed by atoms with Gasteiger partial charge in [-0.1, -0.05) is 23.9 Å². The van der Waals surface area contributed by atoms with Gasteiger partial charge in [0.15, 0.2) is 18.3 Å². The zero-order chi connectivity index (χ0) is 20.5. The zero-order valence-electron chi connectivity index (χ0n) is 15.5. The van der Waals surface area contributed by atoms with Crippen molar-refractivity contribution in [3.8, 4) is 17.2 Å². The van der Waals surface area contributed by atoms with Crippen molar-refractivity contribution in [1.82, 2.24) is 10.2 Å². The monoisotopic (exact) mass is 429 g/mol. The fourth-order valence-electron chi connectivity index (χ4n) is 3.18. The first kappa shape index (κ1) is 18.7. The van der Waals surface area contributed by atoms with E-state index in [0.717, 1.165) is 0 Å². The zero-order valence-corrected chi connectivity index (χ0v) is 16.3. The van der Waals surface area contributed by atoms with E-state index in [4.69, 9.17) is 23.4 Å². The molecule has 0 radical (unpaired) electrons. The highest BCUT2D eigenvalue weighted by Gasteiger charge is 2.28. The van der Waals surface area contributed by atoms with E-state index in [9.17, 15) is 10.1 Å². The molecule has 2 aliphatic heterocycles. The smallest absolute Gasteiger partial charge is 0.277 e. The van der Waals surface area contributed by atoms with Gasteiger partial charge in [-0.05, 0) is 12.1 Å². The van der Waals surface area contributed by atoms with Gasteiger partial charge in [-0.2, -0.15) is 0 Å². The Morgan fingerprint density at radius 2 is 2.03 bits per heavy atom. The first-order valence-corrected chi connectivity index (χ1v) is 10.0.